The Morgan fingerprint density at radius 2 is 1.00 bits per heavy atom. The lowest BCUT2D eigenvalue weighted by molar-refractivity contribution is 0.233. The molecular weight excluding hydrogens is 168 g/mol. The van der Waals surface area contributed by atoms with Crippen LogP contribution in [0.2, 0.25) is 0 Å². The highest BCUT2D eigenvalue weighted by atomic mass is 14.5. The van der Waals surface area contributed by atoms with Crippen LogP contribution in [0.4, 0.5) is 0 Å². The number of rotatable bonds is 1. The van der Waals surface area contributed by atoms with Crippen molar-refractivity contribution in [2.24, 2.45) is 23.7 Å². The second-order valence-corrected chi connectivity index (χ2v) is 5.99. The average molecular weight is 192 g/mol. The molecule has 0 aromatic rings. The van der Waals surface area contributed by atoms with E-state index in [9.17, 15) is 0 Å². The standard InChI is InChI=1S/C14H24/c1-2-4-6-13-11(5-3-1)9-10-14(13)12-7-8-12/h11-14H,1-10H2. The summed E-state index contributed by atoms with van der Waals surface area (Å²) < 4.78 is 0. The molecule has 3 aliphatic rings. The zero-order chi connectivity index (χ0) is 9.38. The molecule has 0 aromatic heterocycles. The lowest BCUT2D eigenvalue weighted by atomic mass is 9.79. The Balaban J connectivity index is 1.67. The van der Waals surface area contributed by atoms with Crippen molar-refractivity contribution in [3.63, 3.8) is 0 Å². The van der Waals surface area contributed by atoms with Gasteiger partial charge in [-0.3, -0.25) is 0 Å². The Labute approximate surface area is 88.5 Å². The van der Waals surface area contributed by atoms with E-state index in [1.54, 1.807) is 51.4 Å². The van der Waals surface area contributed by atoms with E-state index in [2.05, 4.69) is 0 Å². The van der Waals surface area contributed by atoms with Crippen molar-refractivity contribution < 1.29 is 0 Å². The molecule has 3 saturated carbocycles. The minimum absolute atomic E-state index is 1.15. The summed E-state index contributed by atoms with van der Waals surface area (Å²) in [5.74, 6) is 4.69. The van der Waals surface area contributed by atoms with E-state index < -0.39 is 0 Å². The molecule has 3 rings (SSSR count). The lowest BCUT2D eigenvalue weighted by Crippen LogP contribution is -2.18. The summed E-state index contributed by atoms with van der Waals surface area (Å²) in [5, 5.41) is 0. The van der Waals surface area contributed by atoms with Crippen molar-refractivity contribution >= 4 is 0 Å². The van der Waals surface area contributed by atoms with Gasteiger partial charge in [0.2, 0.25) is 0 Å². The van der Waals surface area contributed by atoms with Gasteiger partial charge in [0, 0.05) is 0 Å². The van der Waals surface area contributed by atoms with Crippen molar-refractivity contribution in [2.45, 2.75) is 64.2 Å². The molecule has 0 spiro atoms. The van der Waals surface area contributed by atoms with Gasteiger partial charge < -0.3 is 0 Å². The first-order chi connectivity index (χ1) is 6.95. The van der Waals surface area contributed by atoms with Gasteiger partial charge in [0.1, 0.15) is 0 Å². The van der Waals surface area contributed by atoms with E-state index in [0.29, 0.717) is 0 Å². The molecule has 0 bridgehead atoms. The minimum Gasteiger partial charge on any atom is -0.0533 e. The molecule has 0 heteroatoms. The third kappa shape index (κ3) is 1.73. The number of hydrogen-bond donors (Lipinski definition) is 0. The van der Waals surface area contributed by atoms with Crippen LogP contribution in [0.1, 0.15) is 64.2 Å². The van der Waals surface area contributed by atoms with Gasteiger partial charge in [-0.15, -0.1) is 0 Å². The zero-order valence-electron chi connectivity index (χ0n) is 9.38. The summed E-state index contributed by atoms with van der Waals surface area (Å²) in [5.41, 5.74) is 0. The molecular formula is C14H24. The quantitative estimate of drug-likeness (QED) is 0.578. The van der Waals surface area contributed by atoms with Gasteiger partial charge in [-0.05, 0) is 55.8 Å². The molecule has 0 heterocycles. The first-order valence-electron chi connectivity index (χ1n) is 6.95. The van der Waals surface area contributed by atoms with Crippen molar-refractivity contribution in [3.05, 3.63) is 0 Å². The third-order valence-electron chi connectivity index (χ3n) is 5.12. The van der Waals surface area contributed by atoms with Gasteiger partial charge in [-0.2, -0.15) is 0 Å². The van der Waals surface area contributed by atoms with Crippen LogP contribution in [0.15, 0.2) is 0 Å². The zero-order valence-corrected chi connectivity index (χ0v) is 9.38. The molecule has 3 unspecified atom stereocenters. The number of fused-ring (bicyclic) bond motifs is 1. The van der Waals surface area contributed by atoms with E-state index in [-0.39, 0.29) is 0 Å². The van der Waals surface area contributed by atoms with Crippen LogP contribution in [0.5, 0.6) is 0 Å². The molecule has 0 aromatic carbocycles. The van der Waals surface area contributed by atoms with Crippen LogP contribution >= 0.6 is 0 Å². The molecule has 3 aliphatic carbocycles. The van der Waals surface area contributed by atoms with Gasteiger partial charge in [0.15, 0.2) is 0 Å². The fourth-order valence-corrected chi connectivity index (χ4v) is 4.24. The predicted octanol–water partition coefficient (Wildman–Crippen LogP) is 4.39. The van der Waals surface area contributed by atoms with Crippen LogP contribution in [-0.4, -0.2) is 0 Å². The maximum absolute atomic E-state index is 1.60. The lowest BCUT2D eigenvalue weighted by Gasteiger charge is -2.27. The van der Waals surface area contributed by atoms with Crippen LogP contribution in [0.25, 0.3) is 0 Å². The predicted molar refractivity (Wildman–Crippen MR) is 60.1 cm³/mol. The van der Waals surface area contributed by atoms with Crippen LogP contribution < -0.4 is 0 Å². The normalized spacial score (nSPS) is 44.1. The van der Waals surface area contributed by atoms with E-state index in [1.807, 2.05) is 0 Å². The second kappa shape index (κ2) is 3.87. The highest BCUT2D eigenvalue weighted by Gasteiger charge is 2.43. The Morgan fingerprint density at radius 1 is 0.429 bits per heavy atom. The van der Waals surface area contributed by atoms with Gasteiger partial charge in [-0.25, -0.2) is 0 Å². The van der Waals surface area contributed by atoms with Crippen LogP contribution in [-0.2, 0) is 0 Å². The van der Waals surface area contributed by atoms with E-state index >= 15 is 0 Å². The Hall–Kier alpha value is 0. The van der Waals surface area contributed by atoms with Crippen molar-refractivity contribution in [2.75, 3.05) is 0 Å². The van der Waals surface area contributed by atoms with Crippen LogP contribution in [0, 0.1) is 23.7 Å². The first kappa shape index (κ1) is 9.24. The fraction of sp³-hybridized carbons (Fsp3) is 1.00. The third-order valence-corrected chi connectivity index (χ3v) is 5.12. The molecule has 14 heavy (non-hydrogen) atoms. The van der Waals surface area contributed by atoms with E-state index in [0.717, 1.165) is 5.92 Å². The highest BCUT2D eigenvalue weighted by Crippen LogP contribution is 2.53. The second-order valence-electron chi connectivity index (χ2n) is 5.99. The maximum atomic E-state index is 1.60. The monoisotopic (exact) mass is 192 g/mol. The van der Waals surface area contributed by atoms with Crippen molar-refractivity contribution in [1.82, 2.24) is 0 Å². The van der Waals surface area contributed by atoms with E-state index in [1.165, 1.54) is 30.6 Å². The molecule has 0 amide bonds. The summed E-state index contributed by atoms with van der Waals surface area (Å²) >= 11 is 0. The van der Waals surface area contributed by atoms with E-state index in [4.69, 9.17) is 0 Å². The molecule has 0 saturated heterocycles. The molecule has 0 radical (unpaired) electrons. The summed E-state index contributed by atoms with van der Waals surface area (Å²) in [4.78, 5) is 0. The largest absolute Gasteiger partial charge is 0.0533 e. The van der Waals surface area contributed by atoms with Gasteiger partial charge in [0.05, 0.1) is 0 Å². The topological polar surface area (TPSA) is 0 Å². The summed E-state index contributed by atoms with van der Waals surface area (Å²) in [6.07, 6.45) is 15.6. The minimum atomic E-state index is 1.15. The SMILES string of the molecule is C1CCCC2C(CC1)CCC2C1CC1. The molecule has 0 N–H and O–H groups in total. The van der Waals surface area contributed by atoms with Crippen molar-refractivity contribution in [3.8, 4) is 0 Å². The van der Waals surface area contributed by atoms with Crippen molar-refractivity contribution in [1.29, 1.82) is 0 Å². The molecule has 3 atom stereocenters. The molecule has 0 nitrogen and oxygen atoms in total. The molecule has 3 fully saturated rings. The fourth-order valence-electron chi connectivity index (χ4n) is 4.24. The average Bonchev–Trinajstić information content (AvgIpc) is 2.91. The maximum Gasteiger partial charge on any atom is -0.0355 e. The summed E-state index contributed by atoms with van der Waals surface area (Å²) in [6, 6.07) is 0. The van der Waals surface area contributed by atoms with Crippen LogP contribution in [0.3, 0.4) is 0 Å². The molecule has 0 aliphatic heterocycles. The highest BCUT2D eigenvalue weighted by molar-refractivity contribution is 4.93. The summed E-state index contributed by atoms with van der Waals surface area (Å²) in [7, 11) is 0. The Bertz CT molecular complexity index is 192. The van der Waals surface area contributed by atoms with Gasteiger partial charge in [0.25, 0.3) is 0 Å². The van der Waals surface area contributed by atoms with Gasteiger partial charge in [-0.1, -0.05) is 32.1 Å². The Morgan fingerprint density at radius 3 is 1.79 bits per heavy atom. The Kier molecular flexibility index (Phi) is 2.55. The number of hydrogen-bond acceptors (Lipinski definition) is 0. The summed E-state index contributed by atoms with van der Waals surface area (Å²) in [6.45, 7) is 0. The van der Waals surface area contributed by atoms with Gasteiger partial charge >= 0.3 is 0 Å². The first-order valence-corrected chi connectivity index (χ1v) is 6.95. The molecule has 80 valence electrons. The smallest absolute Gasteiger partial charge is 0.0355 e.